The molecule has 0 aliphatic heterocycles. The molecule has 2 heterocycles. The molecule has 0 aliphatic carbocycles. The van der Waals surface area contributed by atoms with E-state index < -0.39 is 0 Å². The highest BCUT2D eigenvalue weighted by Gasteiger charge is 2.21. The second kappa shape index (κ2) is 10.6. The van der Waals surface area contributed by atoms with E-state index >= 15 is 0 Å². The molecule has 6 heteroatoms. The number of hydrogen-bond acceptors (Lipinski definition) is 5. The molecular formula is C22H30BrN3O2. The van der Waals surface area contributed by atoms with Crippen LogP contribution in [-0.2, 0) is 11.2 Å². The van der Waals surface area contributed by atoms with E-state index in [4.69, 9.17) is 14.5 Å². The van der Waals surface area contributed by atoms with E-state index in [9.17, 15) is 0 Å². The van der Waals surface area contributed by atoms with Gasteiger partial charge in [0, 0.05) is 25.3 Å². The maximum absolute atomic E-state index is 5.43. The smallest absolute Gasteiger partial charge is 0.213 e. The number of aryl methyl sites for hydroxylation is 2. The number of rotatable bonds is 10. The van der Waals surface area contributed by atoms with Crippen LogP contribution in [0.15, 0.2) is 35.5 Å². The molecule has 0 amide bonds. The minimum atomic E-state index is 0.250. The van der Waals surface area contributed by atoms with E-state index in [1.807, 2.05) is 18.2 Å². The summed E-state index contributed by atoms with van der Waals surface area (Å²) in [4.78, 5) is 11.8. The predicted molar refractivity (Wildman–Crippen MR) is 119 cm³/mol. The van der Waals surface area contributed by atoms with Gasteiger partial charge in [-0.2, -0.15) is 0 Å². The molecule has 0 spiro atoms. The molecule has 2 aromatic heterocycles. The molecular weight excluding hydrogens is 418 g/mol. The zero-order chi connectivity index (χ0) is 20.7. The lowest BCUT2D eigenvalue weighted by atomic mass is 10.0. The summed E-state index contributed by atoms with van der Waals surface area (Å²) >= 11 is 3.70. The molecule has 1 atom stereocenters. The largest absolute Gasteiger partial charge is 0.481 e. The van der Waals surface area contributed by atoms with E-state index in [0.717, 1.165) is 52.2 Å². The van der Waals surface area contributed by atoms with Crippen molar-refractivity contribution in [2.24, 2.45) is 0 Å². The van der Waals surface area contributed by atoms with Crippen LogP contribution in [0.2, 0.25) is 0 Å². The fourth-order valence-corrected chi connectivity index (χ4v) is 3.85. The molecule has 0 aliphatic rings. The quantitative estimate of drug-likeness (QED) is 0.369. The molecule has 0 radical (unpaired) electrons. The maximum atomic E-state index is 5.43. The lowest BCUT2D eigenvalue weighted by molar-refractivity contribution is 0.175. The van der Waals surface area contributed by atoms with E-state index in [1.54, 1.807) is 14.2 Å². The van der Waals surface area contributed by atoms with Gasteiger partial charge in [0.1, 0.15) is 4.60 Å². The van der Waals surface area contributed by atoms with Crippen LogP contribution in [-0.4, -0.2) is 43.4 Å². The van der Waals surface area contributed by atoms with Gasteiger partial charge >= 0.3 is 0 Å². The second-order valence-corrected chi connectivity index (χ2v) is 7.37. The molecule has 0 saturated carbocycles. The van der Waals surface area contributed by atoms with Crippen LogP contribution in [0.5, 0.6) is 5.88 Å². The minimum absolute atomic E-state index is 0.250. The van der Waals surface area contributed by atoms with Crippen molar-refractivity contribution >= 4 is 21.6 Å². The summed E-state index contributed by atoms with van der Waals surface area (Å²) in [6.45, 7) is 11.6. The van der Waals surface area contributed by atoms with Gasteiger partial charge in [-0.1, -0.05) is 19.9 Å². The molecule has 0 aromatic carbocycles. The zero-order valence-electron chi connectivity index (χ0n) is 17.5. The van der Waals surface area contributed by atoms with Crippen LogP contribution in [0, 0.1) is 6.92 Å². The molecule has 2 aromatic rings. The van der Waals surface area contributed by atoms with Crippen molar-refractivity contribution in [3.8, 4) is 17.1 Å². The Balaban J connectivity index is 2.53. The molecule has 2 rings (SSSR count). The lowest BCUT2D eigenvalue weighted by Crippen LogP contribution is -2.38. The van der Waals surface area contributed by atoms with Gasteiger partial charge in [0.15, 0.2) is 0 Å². The first kappa shape index (κ1) is 22.4. The number of pyridine rings is 2. The van der Waals surface area contributed by atoms with Crippen molar-refractivity contribution in [1.29, 1.82) is 0 Å². The molecule has 0 unspecified atom stereocenters. The topological polar surface area (TPSA) is 47.5 Å². The number of nitrogens with zero attached hydrogens (tertiary/aromatic N) is 3. The Morgan fingerprint density at radius 2 is 2.00 bits per heavy atom. The molecule has 28 heavy (non-hydrogen) atoms. The summed E-state index contributed by atoms with van der Waals surface area (Å²) in [5.41, 5.74) is 5.09. The number of aromatic nitrogens is 2. The standard InChI is InChI=1S/C22H30BrN3O2/c1-7-12-26(16(8-2)14-27-5)19-13-15(4)21(25-22(19)23)17-10-11-20(28-6)24-18(17)9-3/h7,10-11,13,16H,1,8-9,12,14H2,2-6H3/t16-/m0/s1. The minimum Gasteiger partial charge on any atom is -0.481 e. The van der Waals surface area contributed by atoms with Crippen molar-refractivity contribution in [1.82, 2.24) is 9.97 Å². The fourth-order valence-electron chi connectivity index (χ4n) is 3.33. The Kier molecular flexibility index (Phi) is 8.45. The highest BCUT2D eigenvalue weighted by molar-refractivity contribution is 9.10. The Hall–Kier alpha value is -1.92. The monoisotopic (exact) mass is 447 g/mol. The van der Waals surface area contributed by atoms with Gasteiger partial charge in [0.05, 0.1) is 36.8 Å². The Labute approximate surface area is 176 Å². The third-order valence-corrected chi connectivity index (χ3v) is 5.39. The SMILES string of the molecule is C=CCN(c1cc(C)c(-c2ccc(OC)nc2CC)nc1Br)[C@@H](CC)COC. The third kappa shape index (κ3) is 4.92. The highest BCUT2D eigenvalue weighted by atomic mass is 79.9. The number of hydrogen-bond donors (Lipinski definition) is 0. The summed E-state index contributed by atoms with van der Waals surface area (Å²) in [6, 6.07) is 6.35. The van der Waals surface area contributed by atoms with Crippen LogP contribution in [0.4, 0.5) is 5.69 Å². The summed E-state index contributed by atoms with van der Waals surface area (Å²) in [5, 5.41) is 0. The normalized spacial score (nSPS) is 11.9. The van der Waals surface area contributed by atoms with Crippen LogP contribution >= 0.6 is 15.9 Å². The average Bonchev–Trinajstić information content (AvgIpc) is 2.71. The van der Waals surface area contributed by atoms with E-state index in [2.05, 4.69) is 59.2 Å². The lowest BCUT2D eigenvalue weighted by Gasteiger charge is -2.33. The van der Waals surface area contributed by atoms with Crippen molar-refractivity contribution in [3.05, 3.63) is 46.7 Å². The summed E-state index contributed by atoms with van der Waals surface area (Å²) in [6.07, 6.45) is 3.69. The second-order valence-electron chi connectivity index (χ2n) is 6.62. The van der Waals surface area contributed by atoms with Gasteiger partial charge in [-0.25, -0.2) is 9.97 Å². The van der Waals surface area contributed by atoms with Crippen molar-refractivity contribution in [3.63, 3.8) is 0 Å². The molecule has 0 bridgehead atoms. The highest BCUT2D eigenvalue weighted by Crippen LogP contribution is 2.34. The number of halogens is 1. The van der Waals surface area contributed by atoms with Gasteiger partial charge in [-0.3, -0.25) is 0 Å². The average molecular weight is 448 g/mol. The molecule has 0 fully saturated rings. The van der Waals surface area contributed by atoms with Gasteiger partial charge in [0.25, 0.3) is 0 Å². The third-order valence-electron chi connectivity index (χ3n) is 4.80. The predicted octanol–water partition coefficient (Wildman–Crippen LogP) is 5.20. The van der Waals surface area contributed by atoms with E-state index in [1.165, 1.54) is 0 Å². The maximum Gasteiger partial charge on any atom is 0.213 e. The van der Waals surface area contributed by atoms with Crippen molar-refractivity contribution in [2.75, 3.05) is 32.3 Å². The number of ether oxygens (including phenoxy) is 2. The van der Waals surface area contributed by atoms with Gasteiger partial charge in [-0.15, -0.1) is 6.58 Å². The Morgan fingerprint density at radius 3 is 2.57 bits per heavy atom. The molecule has 0 saturated heterocycles. The van der Waals surface area contributed by atoms with Gasteiger partial charge in [0.2, 0.25) is 5.88 Å². The summed E-state index contributed by atoms with van der Waals surface area (Å²) in [7, 11) is 3.37. The van der Waals surface area contributed by atoms with Gasteiger partial charge < -0.3 is 14.4 Å². The van der Waals surface area contributed by atoms with Crippen molar-refractivity contribution < 1.29 is 9.47 Å². The Morgan fingerprint density at radius 1 is 1.25 bits per heavy atom. The number of anilines is 1. The molecule has 5 nitrogen and oxygen atoms in total. The van der Waals surface area contributed by atoms with E-state index in [-0.39, 0.29) is 6.04 Å². The Bertz CT molecular complexity index is 811. The number of methoxy groups -OCH3 is 2. The fraction of sp³-hybridized carbons (Fsp3) is 0.455. The van der Waals surface area contributed by atoms with Crippen LogP contribution in [0.1, 0.15) is 31.5 Å². The molecule has 0 N–H and O–H groups in total. The van der Waals surface area contributed by atoms with Crippen LogP contribution < -0.4 is 9.64 Å². The van der Waals surface area contributed by atoms with Gasteiger partial charge in [-0.05, 0) is 53.4 Å². The first-order valence-electron chi connectivity index (χ1n) is 9.58. The van der Waals surface area contributed by atoms with Crippen LogP contribution in [0.25, 0.3) is 11.3 Å². The molecule has 152 valence electrons. The summed E-state index contributed by atoms with van der Waals surface area (Å²) < 4.78 is 11.5. The first-order valence-corrected chi connectivity index (χ1v) is 10.4. The first-order chi connectivity index (χ1) is 13.5. The summed E-state index contributed by atoms with van der Waals surface area (Å²) in [5.74, 6) is 0.622. The van der Waals surface area contributed by atoms with Crippen LogP contribution in [0.3, 0.4) is 0 Å². The zero-order valence-corrected chi connectivity index (χ0v) is 19.0. The van der Waals surface area contributed by atoms with Crippen molar-refractivity contribution in [2.45, 2.75) is 39.7 Å². The van der Waals surface area contributed by atoms with E-state index in [0.29, 0.717) is 12.5 Å².